The van der Waals surface area contributed by atoms with E-state index in [-0.39, 0.29) is 6.61 Å². The highest BCUT2D eigenvalue weighted by molar-refractivity contribution is 4.77. The molecule has 16 heavy (non-hydrogen) atoms. The van der Waals surface area contributed by atoms with Gasteiger partial charge in [-0.1, -0.05) is 19.9 Å². The Morgan fingerprint density at radius 1 is 1.38 bits per heavy atom. The lowest BCUT2D eigenvalue weighted by molar-refractivity contribution is 0.165. The van der Waals surface area contributed by atoms with Crippen molar-refractivity contribution in [3.8, 4) is 0 Å². The van der Waals surface area contributed by atoms with Crippen molar-refractivity contribution < 1.29 is 5.11 Å². The molecule has 0 fully saturated rings. The summed E-state index contributed by atoms with van der Waals surface area (Å²) in [5, 5.41) is 12.4. The second-order valence-electron chi connectivity index (χ2n) is 4.61. The van der Waals surface area contributed by atoms with E-state index in [0.717, 1.165) is 26.1 Å². The molecule has 0 aliphatic carbocycles. The van der Waals surface area contributed by atoms with Gasteiger partial charge in [-0.05, 0) is 26.3 Å². The van der Waals surface area contributed by atoms with Gasteiger partial charge in [0, 0.05) is 25.2 Å². The summed E-state index contributed by atoms with van der Waals surface area (Å²) in [5.41, 5.74) is 0. The first-order chi connectivity index (χ1) is 7.61. The van der Waals surface area contributed by atoms with E-state index in [2.05, 4.69) is 37.6 Å². The van der Waals surface area contributed by atoms with Crippen molar-refractivity contribution in [2.75, 3.05) is 26.2 Å². The Morgan fingerprint density at radius 3 is 2.56 bits per heavy atom. The van der Waals surface area contributed by atoms with Crippen molar-refractivity contribution in [3.05, 3.63) is 12.7 Å². The van der Waals surface area contributed by atoms with Crippen LogP contribution in [-0.2, 0) is 0 Å². The molecule has 96 valence electrons. The summed E-state index contributed by atoms with van der Waals surface area (Å²) in [6.07, 6.45) is 4.24. The molecule has 0 aromatic rings. The Bertz CT molecular complexity index is 171. The average Bonchev–Trinajstić information content (AvgIpc) is 2.23. The lowest BCUT2D eigenvalue weighted by Crippen LogP contribution is -2.36. The van der Waals surface area contributed by atoms with Gasteiger partial charge in [0.25, 0.3) is 0 Å². The third-order valence-corrected chi connectivity index (χ3v) is 2.73. The normalized spacial score (nSPS) is 13.4. The summed E-state index contributed by atoms with van der Waals surface area (Å²) in [4.78, 5) is 2.27. The molecule has 0 amide bonds. The molecular weight excluding hydrogens is 200 g/mol. The maximum atomic E-state index is 8.97. The lowest BCUT2D eigenvalue weighted by atomic mass is 10.1. The van der Waals surface area contributed by atoms with Crippen LogP contribution in [0.15, 0.2) is 12.7 Å². The van der Waals surface area contributed by atoms with Crippen LogP contribution in [-0.4, -0.2) is 48.3 Å². The summed E-state index contributed by atoms with van der Waals surface area (Å²) >= 11 is 0. The monoisotopic (exact) mass is 228 g/mol. The first kappa shape index (κ1) is 15.6. The molecule has 0 heterocycles. The minimum absolute atomic E-state index is 0.225. The molecule has 3 nitrogen and oxygen atoms in total. The predicted octanol–water partition coefficient (Wildman–Crippen LogP) is 1.63. The van der Waals surface area contributed by atoms with Gasteiger partial charge >= 0.3 is 0 Å². The van der Waals surface area contributed by atoms with Gasteiger partial charge in [0.2, 0.25) is 0 Å². The molecule has 0 aliphatic rings. The van der Waals surface area contributed by atoms with Crippen LogP contribution in [0.4, 0.5) is 0 Å². The Morgan fingerprint density at radius 2 is 2.06 bits per heavy atom. The van der Waals surface area contributed by atoms with Crippen molar-refractivity contribution in [2.24, 2.45) is 0 Å². The Labute approximate surface area is 101 Å². The molecule has 2 N–H and O–H groups in total. The zero-order valence-corrected chi connectivity index (χ0v) is 11.1. The van der Waals surface area contributed by atoms with E-state index in [1.165, 1.54) is 6.42 Å². The summed E-state index contributed by atoms with van der Waals surface area (Å²) in [7, 11) is 0. The molecule has 0 bridgehead atoms. The highest BCUT2D eigenvalue weighted by atomic mass is 16.3. The van der Waals surface area contributed by atoms with Crippen LogP contribution in [0.1, 0.15) is 33.6 Å². The smallest absolute Gasteiger partial charge is 0.0558 e. The van der Waals surface area contributed by atoms with Crippen LogP contribution >= 0.6 is 0 Å². The van der Waals surface area contributed by atoms with Crippen LogP contribution < -0.4 is 5.32 Å². The molecule has 0 aliphatic heterocycles. The number of nitrogens with one attached hydrogen (secondary N) is 1. The van der Waals surface area contributed by atoms with Gasteiger partial charge in [0.05, 0.1) is 6.61 Å². The van der Waals surface area contributed by atoms with Gasteiger partial charge in [-0.15, -0.1) is 6.58 Å². The summed E-state index contributed by atoms with van der Waals surface area (Å²) in [5.74, 6) is 0. The molecule has 0 saturated carbocycles. The number of hydrogen-bond acceptors (Lipinski definition) is 3. The molecule has 0 aromatic carbocycles. The third-order valence-electron chi connectivity index (χ3n) is 2.73. The number of nitrogens with zero attached hydrogens (tertiary/aromatic N) is 1. The molecule has 0 radical (unpaired) electrons. The minimum atomic E-state index is 0.225. The van der Waals surface area contributed by atoms with Crippen LogP contribution in [0, 0.1) is 0 Å². The molecule has 0 aromatic heterocycles. The second kappa shape index (κ2) is 9.82. The third kappa shape index (κ3) is 7.85. The Hall–Kier alpha value is -0.380. The number of aliphatic hydroxyl groups is 1. The average molecular weight is 228 g/mol. The highest BCUT2D eigenvalue weighted by Crippen LogP contribution is 2.06. The number of rotatable bonds is 10. The fraction of sp³-hybridized carbons (Fsp3) is 0.846. The van der Waals surface area contributed by atoms with Gasteiger partial charge in [-0.2, -0.15) is 0 Å². The Balaban J connectivity index is 3.72. The van der Waals surface area contributed by atoms with Gasteiger partial charge in [-0.3, -0.25) is 4.90 Å². The maximum Gasteiger partial charge on any atom is 0.0558 e. The fourth-order valence-electron chi connectivity index (χ4n) is 1.76. The van der Waals surface area contributed by atoms with Crippen molar-refractivity contribution in [3.63, 3.8) is 0 Å². The number of aliphatic hydroxyl groups excluding tert-OH is 1. The summed E-state index contributed by atoms with van der Waals surface area (Å²) in [6, 6.07) is 1.08. The van der Waals surface area contributed by atoms with Crippen LogP contribution in [0.3, 0.4) is 0 Å². The Kier molecular flexibility index (Phi) is 9.59. The van der Waals surface area contributed by atoms with Gasteiger partial charge in [0.15, 0.2) is 0 Å². The topological polar surface area (TPSA) is 35.5 Å². The molecule has 0 saturated heterocycles. The van der Waals surface area contributed by atoms with Crippen molar-refractivity contribution in [1.29, 1.82) is 0 Å². The van der Waals surface area contributed by atoms with Gasteiger partial charge < -0.3 is 10.4 Å². The van der Waals surface area contributed by atoms with Crippen molar-refractivity contribution >= 4 is 0 Å². The van der Waals surface area contributed by atoms with E-state index < -0.39 is 0 Å². The molecule has 3 heteroatoms. The first-order valence-corrected chi connectivity index (χ1v) is 6.31. The molecule has 1 atom stereocenters. The van der Waals surface area contributed by atoms with Crippen LogP contribution in [0.2, 0.25) is 0 Å². The van der Waals surface area contributed by atoms with E-state index in [4.69, 9.17) is 5.11 Å². The molecule has 0 rings (SSSR count). The van der Waals surface area contributed by atoms with E-state index in [1.54, 1.807) is 0 Å². The maximum absolute atomic E-state index is 8.97. The van der Waals surface area contributed by atoms with Crippen molar-refractivity contribution in [1.82, 2.24) is 10.2 Å². The summed E-state index contributed by atoms with van der Waals surface area (Å²) in [6.45, 7) is 13.2. The summed E-state index contributed by atoms with van der Waals surface area (Å²) < 4.78 is 0. The minimum Gasteiger partial charge on any atom is -0.395 e. The van der Waals surface area contributed by atoms with Gasteiger partial charge in [0.1, 0.15) is 0 Å². The van der Waals surface area contributed by atoms with Gasteiger partial charge in [-0.25, -0.2) is 0 Å². The zero-order valence-electron chi connectivity index (χ0n) is 11.1. The number of hydrogen-bond donors (Lipinski definition) is 2. The highest BCUT2D eigenvalue weighted by Gasteiger charge is 2.11. The molecule has 0 spiro atoms. The van der Waals surface area contributed by atoms with E-state index >= 15 is 0 Å². The fourth-order valence-corrected chi connectivity index (χ4v) is 1.76. The lowest BCUT2D eigenvalue weighted by Gasteiger charge is -2.27. The van der Waals surface area contributed by atoms with Crippen LogP contribution in [0.25, 0.3) is 0 Å². The van der Waals surface area contributed by atoms with Crippen LogP contribution in [0.5, 0.6) is 0 Å². The second-order valence-corrected chi connectivity index (χ2v) is 4.61. The van der Waals surface area contributed by atoms with Crippen molar-refractivity contribution in [2.45, 2.75) is 45.7 Å². The van der Waals surface area contributed by atoms with E-state index in [1.807, 2.05) is 6.08 Å². The zero-order chi connectivity index (χ0) is 12.4. The first-order valence-electron chi connectivity index (χ1n) is 6.31. The van der Waals surface area contributed by atoms with E-state index in [0.29, 0.717) is 12.1 Å². The molecular formula is C13H28N2O. The quantitative estimate of drug-likeness (QED) is 0.441. The predicted molar refractivity (Wildman–Crippen MR) is 70.7 cm³/mol. The van der Waals surface area contributed by atoms with E-state index in [9.17, 15) is 0 Å². The molecule has 1 unspecified atom stereocenters. The SMILES string of the molecule is C=CCN(CCO)C(C)CCCNC(C)C. The largest absolute Gasteiger partial charge is 0.395 e. The standard InChI is InChI=1S/C13H28N2O/c1-5-9-15(10-11-16)13(4)7-6-8-14-12(2)3/h5,12-14,16H,1,6-11H2,2-4H3.